The Kier molecular flexibility index (Phi) is 3.97. The highest BCUT2D eigenvalue weighted by atomic mass is 32.2. The number of hydrogen-bond donors (Lipinski definition) is 1. The van der Waals surface area contributed by atoms with Crippen molar-refractivity contribution in [2.24, 2.45) is 23.2 Å². The minimum Gasteiger partial charge on any atom is -0.310 e. The van der Waals surface area contributed by atoms with E-state index in [2.05, 4.69) is 37.4 Å². The first-order valence-electron chi connectivity index (χ1n) is 11.1. The van der Waals surface area contributed by atoms with Crippen molar-refractivity contribution in [3.63, 3.8) is 0 Å². The molecule has 152 valence electrons. The van der Waals surface area contributed by atoms with E-state index < -0.39 is 0 Å². The first-order valence-corrected chi connectivity index (χ1v) is 12.2. The van der Waals surface area contributed by atoms with Crippen LogP contribution in [0.1, 0.15) is 60.9 Å². The van der Waals surface area contributed by atoms with Gasteiger partial charge in [0.2, 0.25) is 5.91 Å². The fourth-order valence-corrected chi connectivity index (χ4v) is 8.02. The molecule has 0 spiro atoms. The molecule has 1 amide bonds. The Hall–Kier alpha value is -1.75. The lowest BCUT2D eigenvalue weighted by molar-refractivity contribution is -0.140. The van der Waals surface area contributed by atoms with Gasteiger partial charge in [-0.3, -0.25) is 4.79 Å². The van der Waals surface area contributed by atoms with Gasteiger partial charge in [0.25, 0.3) is 0 Å². The lowest BCUT2D eigenvalue weighted by Gasteiger charge is -2.55. The van der Waals surface area contributed by atoms with Crippen LogP contribution in [0.25, 0.3) is 5.69 Å². The van der Waals surface area contributed by atoms with Gasteiger partial charge in [0.05, 0.1) is 16.8 Å². The number of hydrogen-bond acceptors (Lipinski definition) is 3. The van der Waals surface area contributed by atoms with Gasteiger partial charge < -0.3 is 5.32 Å². The number of carbonyl (C=O) groups is 1. The van der Waals surface area contributed by atoms with E-state index >= 15 is 0 Å². The Balaban J connectivity index is 1.38. The van der Waals surface area contributed by atoms with Crippen LogP contribution in [0.2, 0.25) is 0 Å². The molecule has 1 N–H and O–H groups in total. The highest BCUT2D eigenvalue weighted by Gasteiger charge is 2.54. The van der Waals surface area contributed by atoms with E-state index in [9.17, 15) is 4.79 Å². The summed E-state index contributed by atoms with van der Waals surface area (Å²) in [6.45, 7) is 4.25. The molecule has 4 aliphatic carbocycles. The molecule has 4 bridgehead atoms. The van der Waals surface area contributed by atoms with Crippen LogP contribution in [0, 0.1) is 37.0 Å². The third-order valence-electron chi connectivity index (χ3n) is 7.88. The lowest BCUT2D eigenvalue weighted by Crippen LogP contribution is -2.52. The van der Waals surface area contributed by atoms with Gasteiger partial charge in [-0.05, 0) is 81.8 Å². The van der Waals surface area contributed by atoms with E-state index in [4.69, 9.17) is 5.10 Å². The molecule has 0 atom stereocenters. The number of carbonyl (C=O) groups excluding carboxylic acids is 1. The smallest absolute Gasteiger partial charge is 0.231 e. The van der Waals surface area contributed by atoms with Gasteiger partial charge in [-0.15, -0.1) is 0 Å². The minimum atomic E-state index is -0.134. The van der Waals surface area contributed by atoms with Gasteiger partial charge in [0.15, 0.2) is 0 Å². The van der Waals surface area contributed by atoms with Crippen molar-refractivity contribution in [2.75, 3.05) is 5.32 Å². The normalized spacial score (nSPS) is 31.9. The standard InChI is InChI=1S/C24H29N3OS/c1-14-3-4-21(15(2)5-14)27-22(19-12-29-13-20(19)26-27)25-23(28)24-9-16-6-17(10-24)8-18(7-16)11-24/h3-5,16-18H,6-13H2,1-2H3,(H,25,28). The average Bonchev–Trinajstić information content (AvgIpc) is 3.23. The summed E-state index contributed by atoms with van der Waals surface area (Å²) < 4.78 is 2.01. The summed E-state index contributed by atoms with van der Waals surface area (Å²) >= 11 is 1.89. The summed E-state index contributed by atoms with van der Waals surface area (Å²) in [7, 11) is 0. The SMILES string of the molecule is Cc1ccc(-n2nc3c(c2NC(=O)C24CC5CC(CC(C5)C2)C4)CSC3)c(C)c1. The van der Waals surface area contributed by atoms with E-state index in [1.54, 1.807) is 0 Å². The molecule has 1 aliphatic heterocycles. The molecule has 1 aromatic carbocycles. The van der Waals surface area contributed by atoms with Gasteiger partial charge in [-0.2, -0.15) is 16.9 Å². The molecular formula is C24H29N3OS. The maximum Gasteiger partial charge on any atom is 0.231 e. The van der Waals surface area contributed by atoms with E-state index in [0.717, 1.165) is 65.7 Å². The molecule has 0 saturated heterocycles. The fourth-order valence-electron chi connectivity index (χ4n) is 6.99. The van der Waals surface area contributed by atoms with Crippen molar-refractivity contribution < 1.29 is 4.79 Å². The highest BCUT2D eigenvalue weighted by Crippen LogP contribution is 2.60. The number of thioether (sulfide) groups is 1. The second-order valence-corrected chi connectivity index (χ2v) is 11.1. The van der Waals surface area contributed by atoms with Crippen LogP contribution in [0.3, 0.4) is 0 Å². The predicted octanol–water partition coefficient (Wildman–Crippen LogP) is 5.39. The Morgan fingerprint density at radius 2 is 1.79 bits per heavy atom. The van der Waals surface area contributed by atoms with Crippen molar-refractivity contribution in [1.29, 1.82) is 0 Å². The summed E-state index contributed by atoms with van der Waals surface area (Å²) in [5.74, 6) is 5.40. The molecule has 5 aliphatic rings. The van der Waals surface area contributed by atoms with E-state index in [0.29, 0.717) is 0 Å². The maximum absolute atomic E-state index is 13.7. The zero-order valence-corrected chi connectivity index (χ0v) is 18.1. The number of anilines is 1. The Morgan fingerprint density at radius 3 is 2.45 bits per heavy atom. The number of amides is 1. The molecular weight excluding hydrogens is 378 g/mol. The van der Waals surface area contributed by atoms with Gasteiger partial charge in [0.1, 0.15) is 5.82 Å². The quantitative estimate of drug-likeness (QED) is 0.742. The van der Waals surface area contributed by atoms with Crippen LogP contribution in [-0.2, 0) is 16.3 Å². The Morgan fingerprint density at radius 1 is 1.10 bits per heavy atom. The summed E-state index contributed by atoms with van der Waals surface area (Å²) in [5.41, 5.74) is 5.76. The molecule has 4 fully saturated rings. The second-order valence-electron chi connectivity index (χ2n) is 10.1. The Labute approximate surface area is 176 Å². The van der Waals surface area contributed by atoms with Gasteiger partial charge in [0, 0.05) is 17.1 Å². The van der Waals surface area contributed by atoms with Crippen molar-refractivity contribution in [3.8, 4) is 5.69 Å². The fraction of sp³-hybridized carbons (Fsp3) is 0.583. The van der Waals surface area contributed by atoms with E-state index in [1.165, 1.54) is 36.0 Å². The van der Waals surface area contributed by atoms with E-state index in [-0.39, 0.29) is 11.3 Å². The van der Waals surface area contributed by atoms with Crippen molar-refractivity contribution in [2.45, 2.75) is 63.9 Å². The van der Waals surface area contributed by atoms with E-state index in [1.807, 2.05) is 16.4 Å². The number of nitrogens with zero attached hydrogens (tertiary/aromatic N) is 2. The van der Waals surface area contributed by atoms with Crippen LogP contribution in [0.4, 0.5) is 5.82 Å². The molecule has 29 heavy (non-hydrogen) atoms. The monoisotopic (exact) mass is 407 g/mol. The molecule has 2 heterocycles. The minimum absolute atomic E-state index is 0.134. The number of nitrogens with one attached hydrogen (secondary N) is 1. The van der Waals surface area contributed by atoms with Crippen LogP contribution in [-0.4, -0.2) is 15.7 Å². The number of aromatic nitrogens is 2. The molecule has 2 aromatic rings. The van der Waals surface area contributed by atoms with Crippen LogP contribution in [0.15, 0.2) is 18.2 Å². The molecule has 4 nitrogen and oxygen atoms in total. The zero-order chi connectivity index (χ0) is 19.8. The largest absolute Gasteiger partial charge is 0.310 e. The molecule has 7 rings (SSSR count). The summed E-state index contributed by atoms with van der Waals surface area (Å²) in [6.07, 6.45) is 7.37. The molecule has 0 radical (unpaired) electrons. The molecule has 0 unspecified atom stereocenters. The van der Waals surface area contributed by atoms with Gasteiger partial charge in [-0.1, -0.05) is 17.7 Å². The average molecular weight is 408 g/mol. The number of rotatable bonds is 3. The van der Waals surface area contributed by atoms with Crippen molar-refractivity contribution in [3.05, 3.63) is 40.6 Å². The first kappa shape index (κ1) is 18.1. The topological polar surface area (TPSA) is 46.9 Å². The van der Waals surface area contributed by atoms with Crippen LogP contribution >= 0.6 is 11.8 Å². The summed E-state index contributed by atoms with van der Waals surface area (Å²) in [6, 6.07) is 6.47. The third-order valence-corrected chi connectivity index (χ3v) is 8.85. The molecule has 5 heteroatoms. The first-order chi connectivity index (χ1) is 14.0. The third kappa shape index (κ3) is 2.80. The predicted molar refractivity (Wildman–Crippen MR) is 117 cm³/mol. The Bertz CT molecular complexity index is 973. The molecule has 1 aromatic heterocycles. The van der Waals surface area contributed by atoms with Crippen LogP contribution in [0.5, 0.6) is 0 Å². The number of fused-ring (bicyclic) bond motifs is 1. The van der Waals surface area contributed by atoms with Gasteiger partial charge in [-0.25, -0.2) is 4.68 Å². The van der Waals surface area contributed by atoms with Crippen LogP contribution < -0.4 is 5.32 Å². The van der Waals surface area contributed by atoms with Crippen molar-refractivity contribution in [1.82, 2.24) is 9.78 Å². The zero-order valence-electron chi connectivity index (χ0n) is 17.3. The number of aryl methyl sites for hydroxylation is 2. The summed E-state index contributed by atoms with van der Waals surface area (Å²) in [5, 5.41) is 8.37. The van der Waals surface area contributed by atoms with Gasteiger partial charge >= 0.3 is 0 Å². The highest BCUT2D eigenvalue weighted by molar-refractivity contribution is 7.98. The second kappa shape index (κ2) is 6.37. The summed E-state index contributed by atoms with van der Waals surface area (Å²) in [4.78, 5) is 13.7. The van der Waals surface area contributed by atoms with Crippen molar-refractivity contribution >= 4 is 23.5 Å². The number of benzene rings is 1. The molecule has 4 saturated carbocycles. The lowest BCUT2D eigenvalue weighted by atomic mass is 9.49. The maximum atomic E-state index is 13.7.